The summed E-state index contributed by atoms with van der Waals surface area (Å²) in [6.45, 7) is 2.11. The van der Waals surface area contributed by atoms with Crippen LogP contribution in [-0.4, -0.2) is 27.2 Å². The Morgan fingerprint density at radius 3 is 2.68 bits per heavy atom. The molecule has 0 radical (unpaired) electrons. The van der Waals surface area contributed by atoms with Crippen molar-refractivity contribution < 1.29 is 13.2 Å². The molecule has 1 aromatic heterocycles. The first kappa shape index (κ1) is 14.4. The number of aromatic nitrogens is 2. The summed E-state index contributed by atoms with van der Waals surface area (Å²) in [5, 5.41) is 10.5. The second-order valence-electron chi connectivity index (χ2n) is 4.48. The number of nitrogens with zero attached hydrogens (tertiary/aromatic N) is 2. The maximum atomic E-state index is 12.4. The van der Waals surface area contributed by atoms with Gasteiger partial charge in [-0.15, -0.1) is 10.2 Å². The number of anilines is 1. The number of nitrogens with one attached hydrogen (secondary N) is 1. The number of thioether (sulfide) groups is 1. The number of hydrogen-bond donors (Lipinski definition) is 1. The van der Waals surface area contributed by atoms with Crippen molar-refractivity contribution in [3.05, 3.63) is 17.8 Å². The lowest BCUT2D eigenvalue weighted by atomic mass is 10.2. The van der Waals surface area contributed by atoms with Gasteiger partial charge in [-0.3, -0.25) is 0 Å². The van der Waals surface area contributed by atoms with Gasteiger partial charge in [-0.05, 0) is 30.7 Å². The molecule has 1 N–H and O–H groups in total. The third kappa shape index (κ3) is 3.75. The summed E-state index contributed by atoms with van der Waals surface area (Å²) in [5.74, 6) is 1.46. The predicted octanol–water partition coefficient (Wildman–Crippen LogP) is 3.58. The first-order chi connectivity index (χ1) is 9.00. The van der Waals surface area contributed by atoms with Crippen LogP contribution in [-0.2, 0) is 6.18 Å². The molecule has 0 aromatic carbocycles. The minimum Gasteiger partial charge on any atom is -0.365 e. The fourth-order valence-electron chi connectivity index (χ4n) is 2.26. The van der Waals surface area contributed by atoms with Crippen LogP contribution < -0.4 is 5.32 Å². The molecular formula is C12H16F3N3S. The molecule has 2 unspecified atom stereocenters. The van der Waals surface area contributed by atoms with Crippen LogP contribution in [0.15, 0.2) is 12.1 Å². The third-order valence-electron chi connectivity index (χ3n) is 3.12. The average Bonchev–Trinajstić information content (AvgIpc) is 2.77. The molecule has 0 aliphatic heterocycles. The number of hydrogen-bond acceptors (Lipinski definition) is 4. The minimum absolute atomic E-state index is 0.274. The van der Waals surface area contributed by atoms with Gasteiger partial charge in [-0.1, -0.05) is 13.3 Å². The van der Waals surface area contributed by atoms with Crippen LogP contribution in [0.5, 0.6) is 0 Å². The first-order valence-corrected chi connectivity index (χ1v) is 7.34. The molecule has 1 aliphatic rings. The number of rotatable bonds is 4. The molecule has 7 heteroatoms. The molecule has 0 saturated heterocycles. The van der Waals surface area contributed by atoms with E-state index in [0.717, 1.165) is 31.1 Å². The van der Waals surface area contributed by atoms with Gasteiger partial charge in [-0.25, -0.2) is 0 Å². The van der Waals surface area contributed by atoms with Crippen LogP contribution in [0.25, 0.3) is 0 Å². The largest absolute Gasteiger partial charge is 0.435 e. The summed E-state index contributed by atoms with van der Waals surface area (Å²) >= 11 is 1.88. The van der Waals surface area contributed by atoms with Crippen molar-refractivity contribution in [2.24, 2.45) is 0 Å². The smallest absolute Gasteiger partial charge is 0.365 e. The zero-order valence-electron chi connectivity index (χ0n) is 10.6. The monoisotopic (exact) mass is 291 g/mol. The van der Waals surface area contributed by atoms with Crippen LogP contribution in [0.3, 0.4) is 0 Å². The number of alkyl halides is 3. The average molecular weight is 291 g/mol. The fourth-order valence-corrected chi connectivity index (χ4v) is 3.45. The topological polar surface area (TPSA) is 37.8 Å². The van der Waals surface area contributed by atoms with Gasteiger partial charge in [0.1, 0.15) is 5.82 Å². The van der Waals surface area contributed by atoms with E-state index in [0.29, 0.717) is 11.1 Å². The molecule has 0 amide bonds. The SMILES string of the molecule is CCSC1CCCC1Nc1ccc(C(F)(F)F)nn1. The van der Waals surface area contributed by atoms with Gasteiger partial charge >= 0.3 is 6.18 Å². The second kappa shape index (κ2) is 5.98. The Balaban J connectivity index is 1.99. The van der Waals surface area contributed by atoms with Crippen molar-refractivity contribution in [1.29, 1.82) is 0 Å². The van der Waals surface area contributed by atoms with Crippen LogP contribution >= 0.6 is 11.8 Å². The zero-order chi connectivity index (χ0) is 13.9. The molecule has 3 nitrogen and oxygen atoms in total. The van der Waals surface area contributed by atoms with Gasteiger partial charge in [0.25, 0.3) is 0 Å². The fraction of sp³-hybridized carbons (Fsp3) is 0.667. The molecule has 1 aromatic rings. The van der Waals surface area contributed by atoms with Crippen LogP contribution in [0.1, 0.15) is 31.9 Å². The summed E-state index contributed by atoms with van der Waals surface area (Å²) in [7, 11) is 0. The van der Waals surface area contributed by atoms with Crippen LogP contribution in [0.2, 0.25) is 0 Å². The van der Waals surface area contributed by atoms with Gasteiger partial charge in [0, 0.05) is 11.3 Å². The van der Waals surface area contributed by atoms with E-state index in [1.165, 1.54) is 6.07 Å². The van der Waals surface area contributed by atoms with Gasteiger partial charge < -0.3 is 5.32 Å². The molecule has 106 valence electrons. The maximum Gasteiger partial charge on any atom is 0.435 e. The second-order valence-corrected chi connectivity index (χ2v) is 5.99. The Bertz CT molecular complexity index is 408. The van der Waals surface area contributed by atoms with E-state index in [9.17, 15) is 13.2 Å². The summed E-state index contributed by atoms with van der Waals surface area (Å²) in [6.07, 6.45) is -1.12. The highest BCUT2D eigenvalue weighted by molar-refractivity contribution is 7.99. The maximum absolute atomic E-state index is 12.4. The quantitative estimate of drug-likeness (QED) is 0.920. The lowest BCUT2D eigenvalue weighted by Gasteiger charge is -2.20. The van der Waals surface area contributed by atoms with Crippen molar-refractivity contribution in [2.45, 2.75) is 43.7 Å². The molecule has 1 aliphatic carbocycles. The molecule has 19 heavy (non-hydrogen) atoms. The van der Waals surface area contributed by atoms with Crippen LogP contribution in [0, 0.1) is 0 Å². The van der Waals surface area contributed by atoms with E-state index in [2.05, 4.69) is 22.4 Å². The lowest BCUT2D eigenvalue weighted by Crippen LogP contribution is -2.27. The molecule has 1 saturated carbocycles. The Labute approximate surface area is 114 Å². The van der Waals surface area contributed by atoms with E-state index in [1.807, 2.05) is 11.8 Å². The van der Waals surface area contributed by atoms with E-state index in [4.69, 9.17) is 0 Å². The predicted molar refractivity (Wildman–Crippen MR) is 70.2 cm³/mol. The van der Waals surface area contributed by atoms with Gasteiger partial charge in [0.2, 0.25) is 0 Å². The Morgan fingerprint density at radius 2 is 2.11 bits per heavy atom. The van der Waals surface area contributed by atoms with Crippen molar-refractivity contribution in [1.82, 2.24) is 10.2 Å². The van der Waals surface area contributed by atoms with E-state index in [1.54, 1.807) is 0 Å². The van der Waals surface area contributed by atoms with Gasteiger partial charge in [-0.2, -0.15) is 24.9 Å². The molecule has 1 heterocycles. The highest BCUT2D eigenvalue weighted by Gasteiger charge is 2.33. The van der Waals surface area contributed by atoms with E-state index >= 15 is 0 Å². The first-order valence-electron chi connectivity index (χ1n) is 6.29. The Hall–Kier alpha value is -0.980. The molecular weight excluding hydrogens is 275 g/mol. The minimum atomic E-state index is -4.43. The van der Waals surface area contributed by atoms with Gasteiger partial charge in [0.15, 0.2) is 5.69 Å². The third-order valence-corrected chi connectivity index (χ3v) is 4.45. The van der Waals surface area contributed by atoms with Gasteiger partial charge in [0.05, 0.1) is 0 Å². The summed E-state index contributed by atoms with van der Waals surface area (Å²) in [6, 6.07) is 2.59. The van der Waals surface area contributed by atoms with E-state index in [-0.39, 0.29) is 6.04 Å². The lowest BCUT2D eigenvalue weighted by molar-refractivity contribution is -0.141. The van der Waals surface area contributed by atoms with Crippen molar-refractivity contribution in [3.63, 3.8) is 0 Å². The highest BCUT2D eigenvalue weighted by atomic mass is 32.2. The van der Waals surface area contributed by atoms with Crippen molar-refractivity contribution >= 4 is 17.6 Å². The van der Waals surface area contributed by atoms with E-state index < -0.39 is 11.9 Å². The Morgan fingerprint density at radius 1 is 1.32 bits per heavy atom. The molecule has 2 atom stereocenters. The molecule has 2 rings (SSSR count). The van der Waals surface area contributed by atoms with Crippen molar-refractivity contribution in [3.8, 4) is 0 Å². The summed E-state index contributed by atoms with van der Waals surface area (Å²) in [4.78, 5) is 0. The molecule has 1 fully saturated rings. The Kier molecular flexibility index (Phi) is 4.54. The number of halogens is 3. The summed E-state index contributed by atoms with van der Waals surface area (Å²) < 4.78 is 37.1. The van der Waals surface area contributed by atoms with Crippen LogP contribution in [0.4, 0.5) is 19.0 Å². The highest BCUT2D eigenvalue weighted by Crippen LogP contribution is 2.32. The molecule has 0 spiro atoms. The molecule has 0 bridgehead atoms. The normalized spacial score (nSPS) is 23.6. The summed E-state index contributed by atoms with van der Waals surface area (Å²) in [5.41, 5.74) is -0.955. The zero-order valence-corrected chi connectivity index (χ0v) is 11.4. The van der Waals surface area contributed by atoms with Crippen molar-refractivity contribution in [2.75, 3.05) is 11.1 Å². The standard InChI is InChI=1S/C12H16F3N3S/c1-2-19-9-5-3-4-8(9)16-11-7-6-10(17-18-11)12(13,14)15/h6-9H,2-5H2,1H3,(H,16,18).